The molecule has 2 aliphatic heterocycles. The molecule has 3 nitrogen and oxygen atoms in total. The molecule has 2 N–H and O–H groups in total. The minimum Gasteiger partial charge on any atom is -0.392 e. The molecular formula is C17H21F3N2O. The molecule has 126 valence electrons. The lowest BCUT2D eigenvalue weighted by Gasteiger charge is -2.31. The summed E-state index contributed by atoms with van der Waals surface area (Å²) in [6.07, 6.45) is 0.718. The second-order valence-electron chi connectivity index (χ2n) is 6.34. The highest BCUT2D eigenvalue weighted by atomic mass is 19.4. The van der Waals surface area contributed by atoms with Gasteiger partial charge in [-0.15, -0.1) is 0 Å². The number of hydrogen-bond donors (Lipinski definition) is 2. The van der Waals surface area contributed by atoms with Gasteiger partial charge in [0.05, 0.1) is 17.4 Å². The summed E-state index contributed by atoms with van der Waals surface area (Å²) in [5.74, 6) is -0.325. The number of nitrogens with zero attached hydrogens (tertiary/aromatic N) is 1. The summed E-state index contributed by atoms with van der Waals surface area (Å²) in [6.45, 7) is 0.943. The van der Waals surface area contributed by atoms with Crippen LogP contribution in [0, 0.1) is 0 Å². The zero-order valence-corrected chi connectivity index (χ0v) is 12.8. The number of nitrogens with one attached hydrogen (secondary N) is 1. The fourth-order valence-electron chi connectivity index (χ4n) is 3.56. The van der Waals surface area contributed by atoms with Gasteiger partial charge < -0.3 is 10.4 Å². The highest BCUT2D eigenvalue weighted by Crippen LogP contribution is 2.44. The minimum absolute atomic E-state index is 0.0353. The van der Waals surface area contributed by atoms with Crippen LogP contribution in [0.15, 0.2) is 23.2 Å². The Bertz CT molecular complexity index is 580. The summed E-state index contributed by atoms with van der Waals surface area (Å²) in [4.78, 5) is 3.97. The normalized spacial score (nSPS) is 25.9. The summed E-state index contributed by atoms with van der Waals surface area (Å²) in [6, 6.07) is 4.35. The number of para-hydroxylation sites is 1. The van der Waals surface area contributed by atoms with E-state index in [4.69, 9.17) is 0 Å². The molecule has 0 aliphatic carbocycles. The molecular weight excluding hydrogens is 305 g/mol. The van der Waals surface area contributed by atoms with Crippen LogP contribution in [0.1, 0.15) is 49.1 Å². The molecule has 2 heterocycles. The van der Waals surface area contributed by atoms with Gasteiger partial charge in [-0.3, -0.25) is 4.99 Å². The number of aliphatic hydroxyl groups excluding tert-OH is 1. The van der Waals surface area contributed by atoms with E-state index in [-0.39, 0.29) is 17.6 Å². The number of halogens is 3. The number of aliphatic hydroxyl groups is 1. The van der Waals surface area contributed by atoms with Gasteiger partial charge in [-0.2, -0.15) is 13.2 Å². The summed E-state index contributed by atoms with van der Waals surface area (Å²) in [5.41, 5.74) is -0.253. The first-order chi connectivity index (χ1) is 11.0. The topological polar surface area (TPSA) is 44.6 Å². The van der Waals surface area contributed by atoms with Crippen molar-refractivity contribution in [2.24, 2.45) is 4.99 Å². The summed E-state index contributed by atoms with van der Waals surface area (Å²) in [5, 5.41) is 14.0. The van der Waals surface area contributed by atoms with Gasteiger partial charge in [0.15, 0.2) is 0 Å². The van der Waals surface area contributed by atoms with Gasteiger partial charge in [-0.05, 0) is 43.9 Å². The Balaban J connectivity index is 1.82. The first-order valence-corrected chi connectivity index (χ1v) is 8.11. The summed E-state index contributed by atoms with van der Waals surface area (Å²) in [7, 11) is 0. The van der Waals surface area contributed by atoms with E-state index in [0.717, 1.165) is 31.9 Å². The predicted octanol–water partition coefficient (Wildman–Crippen LogP) is 3.79. The van der Waals surface area contributed by atoms with Crippen molar-refractivity contribution in [3.8, 4) is 0 Å². The average Bonchev–Trinajstić information content (AvgIpc) is 2.53. The van der Waals surface area contributed by atoms with Gasteiger partial charge in [0.25, 0.3) is 0 Å². The molecule has 0 spiro atoms. The number of fused-ring (bicyclic) bond motifs is 1. The van der Waals surface area contributed by atoms with Crippen LogP contribution in [-0.4, -0.2) is 30.0 Å². The van der Waals surface area contributed by atoms with Gasteiger partial charge in [0.2, 0.25) is 0 Å². The van der Waals surface area contributed by atoms with Crippen LogP contribution in [-0.2, 0) is 6.18 Å². The minimum atomic E-state index is -4.43. The van der Waals surface area contributed by atoms with Crippen LogP contribution in [0.2, 0.25) is 0 Å². The monoisotopic (exact) mass is 326 g/mol. The Morgan fingerprint density at radius 2 is 2.13 bits per heavy atom. The van der Waals surface area contributed by atoms with E-state index in [0.29, 0.717) is 18.4 Å². The number of hydrogen-bond acceptors (Lipinski definition) is 3. The molecule has 0 saturated carbocycles. The van der Waals surface area contributed by atoms with Crippen molar-refractivity contribution in [3.63, 3.8) is 0 Å². The highest BCUT2D eigenvalue weighted by molar-refractivity contribution is 5.73. The second kappa shape index (κ2) is 6.61. The van der Waals surface area contributed by atoms with Crippen molar-refractivity contribution in [3.05, 3.63) is 29.3 Å². The Kier molecular flexibility index (Phi) is 4.73. The number of rotatable bonds is 3. The molecule has 3 atom stereocenters. The first kappa shape index (κ1) is 16.5. The number of aliphatic imine (C=N–C) groups is 1. The van der Waals surface area contributed by atoms with E-state index >= 15 is 0 Å². The molecule has 3 unspecified atom stereocenters. The maximum atomic E-state index is 13.1. The van der Waals surface area contributed by atoms with E-state index in [9.17, 15) is 18.3 Å². The quantitative estimate of drug-likeness (QED) is 0.888. The molecule has 1 aromatic rings. The molecule has 1 saturated heterocycles. The molecule has 0 aromatic heterocycles. The lowest BCUT2D eigenvalue weighted by molar-refractivity contribution is -0.137. The molecule has 6 heteroatoms. The van der Waals surface area contributed by atoms with Gasteiger partial charge in [-0.25, -0.2) is 0 Å². The third-order valence-electron chi connectivity index (χ3n) is 4.75. The van der Waals surface area contributed by atoms with Crippen molar-refractivity contribution in [2.75, 3.05) is 6.54 Å². The third-order valence-corrected chi connectivity index (χ3v) is 4.75. The smallest absolute Gasteiger partial charge is 0.392 e. The van der Waals surface area contributed by atoms with Crippen LogP contribution in [0.5, 0.6) is 0 Å². The standard InChI is InChI=1S/C17H21F3N2O/c18-17(19,20)14-6-3-5-13-12(7-9-22-16(13)14)15(23)10-11-4-1-2-8-21-11/h3,5-6,9,11-12,15,21,23H,1-2,4,7-8,10H2. The van der Waals surface area contributed by atoms with Crippen LogP contribution >= 0.6 is 0 Å². The van der Waals surface area contributed by atoms with E-state index < -0.39 is 17.8 Å². The molecule has 0 amide bonds. The van der Waals surface area contributed by atoms with E-state index in [1.54, 1.807) is 6.07 Å². The number of piperidine rings is 1. The van der Waals surface area contributed by atoms with Gasteiger partial charge >= 0.3 is 6.18 Å². The molecule has 0 bridgehead atoms. The van der Waals surface area contributed by atoms with E-state index in [1.165, 1.54) is 12.3 Å². The van der Waals surface area contributed by atoms with Crippen molar-refractivity contribution in [1.82, 2.24) is 5.32 Å². The summed E-state index contributed by atoms with van der Waals surface area (Å²) >= 11 is 0. The molecule has 3 rings (SSSR count). The number of benzene rings is 1. The Hall–Kier alpha value is -1.40. The Morgan fingerprint density at radius 3 is 2.83 bits per heavy atom. The maximum absolute atomic E-state index is 13.1. The zero-order valence-electron chi connectivity index (χ0n) is 12.8. The fourth-order valence-corrected chi connectivity index (χ4v) is 3.56. The lowest BCUT2D eigenvalue weighted by Crippen LogP contribution is -2.38. The average molecular weight is 326 g/mol. The van der Waals surface area contributed by atoms with Gasteiger partial charge in [0.1, 0.15) is 0 Å². The van der Waals surface area contributed by atoms with Crippen molar-refractivity contribution in [1.29, 1.82) is 0 Å². The lowest BCUT2D eigenvalue weighted by atomic mass is 9.83. The third kappa shape index (κ3) is 3.58. The van der Waals surface area contributed by atoms with Crippen LogP contribution < -0.4 is 5.32 Å². The first-order valence-electron chi connectivity index (χ1n) is 8.11. The van der Waals surface area contributed by atoms with Gasteiger partial charge in [0, 0.05) is 18.2 Å². The predicted molar refractivity (Wildman–Crippen MR) is 83.2 cm³/mol. The Labute approximate surface area is 133 Å². The molecule has 2 aliphatic rings. The van der Waals surface area contributed by atoms with E-state index in [1.807, 2.05) is 0 Å². The van der Waals surface area contributed by atoms with Crippen LogP contribution in [0.4, 0.5) is 18.9 Å². The van der Waals surface area contributed by atoms with Crippen molar-refractivity contribution in [2.45, 2.75) is 56.3 Å². The van der Waals surface area contributed by atoms with Crippen LogP contribution in [0.25, 0.3) is 0 Å². The number of alkyl halides is 3. The fraction of sp³-hybridized carbons (Fsp3) is 0.588. The summed E-state index contributed by atoms with van der Waals surface area (Å²) < 4.78 is 39.4. The molecule has 0 radical (unpaired) electrons. The Morgan fingerprint density at radius 1 is 1.30 bits per heavy atom. The highest BCUT2D eigenvalue weighted by Gasteiger charge is 2.37. The zero-order chi connectivity index (χ0) is 16.4. The van der Waals surface area contributed by atoms with Crippen molar-refractivity contribution >= 4 is 11.9 Å². The van der Waals surface area contributed by atoms with Gasteiger partial charge in [-0.1, -0.05) is 18.6 Å². The molecule has 1 fully saturated rings. The van der Waals surface area contributed by atoms with E-state index in [2.05, 4.69) is 10.3 Å². The molecule has 23 heavy (non-hydrogen) atoms. The van der Waals surface area contributed by atoms with Crippen LogP contribution in [0.3, 0.4) is 0 Å². The maximum Gasteiger partial charge on any atom is 0.418 e. The molecule has 1 aromatic carbocycles. The second-order valence-corrected chi connectivity index (χ2v) is 6.34. The largest absolute Gasteiger partial charge is 0.418 e. The van der Waals surface area contributed by atoms with Crippen molar-refractivity contribution < 1.29 is 18.3 Å². The SMILES string of the molecule is OC(CC1CCCCN1)C1CC=Nc2c1cccc2C(F)(F)F.